The second-order valence-electron chi connectivity index (χ2n) is 16.3. The number of anilines is 2. The molecule has 7 heterocycles. The standard InChI is InChI=1S/C39H41ClF2N8O2S/c40-26-13-24-32(30(42)29(26)23-5-3-6-27-28(23)25(15-43)34(44)53-27)46-37(52-20-39-10-4-12-50(39)16-22(41)14-39)47-35(24)48-11-2-1-9-38(17-48)18-49(19-38)36(51)33-31(45-33)21-7-8-21/h3,5-6,13,21-22,31,33,45H,1-2,4,7-12,14,16-20,44H2/t22-,31+,33-,39+/m1/s1. The third kappa shape index (κ3) is 5.54. The topological polar surface area (TPSA) is 134 Å². The number of ether oxygens (including phenoxy) is 1. The molecule has 6 fully saturated rings. The maximum atomic E-state index is 17.3. The van der Waals surface area contributed by atoms with Crippen LogP contribution in [0.3, 0.4) is 0 Å². The summed E-state index contributed by atoms with van der Waals surface area (Å²) in [4.78, 5) is 29.4. The summed E-state index contributed by atoms with van der Waals surface area (Å²) in [7, 11) is 0. The van der Waals surface area contributed by atoms with Gasteiger partial charge < -0.3 is 20.3 Å². The molecule has 5 saturated heterocycles. The van der Waals surface area contributed by atoms with Crippen molar-refractivity contribution in [3.05, 3.63) is 40.7 Å². The number of fused-ring (bicyclic) bond motifs is 3. The zero-order valence-electron chi connectivity index (χ0n) is 29.3. The number of carbonyl (C=O) groups is 1. The highest BCUT2D eigenvalue weighted by Gasteiger charge is 2.56. The number of nitrogens with one attached hydrogen (secondary N) is 1. The molecule has 1 saturated carbocycles. The SMILES string of the molecule is N#Cc1c(N)sc2cccc(-c3c(Cl)cc4c(N5CCCCC6(CN(C(=O)[C@@H]7N[C@H]7C7CC7)C6)C5)nc(OC[C@@]56CCCN5C[C@H](F)C6)nc4c3F)c12. The molecule has 1 spiro atoms. The molecule has 2 aromatic carbocycles. The third-order valence-electron chi connectivity index (χ3n) is 12.8. The maximum Gasteiger partial charge on any atom is 0.319 e. The Kier molecular flexibility index (Phi) is 7.85. The van der Waals surface area contributed by atoms with Crippen molar-refractivity contribution < 1.29 is 18.3 Å². The van der Waals surface area contributed by atoms with E-state index in [0.717, 1.165) is 43.3 Å². The molecule has 10 rings (SSSR count). The molecule has 276 valence electrons. The summed E-state index contributed by atoms with van der Waals surface area (Å²) in [5.74, 6) is 0.750. The number of carbonyl (C=O) groups excluding carboxylic acids is 1. The molecule has 10 nitrogen and oxygen atoms in total. The monoisotopic (exact) mass is 758 g/mol. The fourth-order valence-corrected chi connectivity index (χ4v) is 11.2. The first-order chi connectivity index (χ1) is 25.7. The zero-order valence-corrected chi connectivity index (χ0v) is 30.9. The predicted molar refractivity (Wildman–Crippen MR) is 202 cm³/mol. The van der Waals surface area contributed by atoms with Gasteiger partial charge in [0.1, 0.15) is 41.2 Å². The molecule has 2 aromatic heterocycles. The van der Waals surface area contributed by atoms with Crippen LogP contribution in [0, 0.1) is 28.5 Å². The number of rotatable bonds is 7. The van der Waals surface area contributed by atoms with Gasteiger partial charge in [0.05, 0.1) is 16.1 Å². The Morgan fingerprint density at radius 1 is 1.17 bits per heavy atom. The summed E-state index contributed by atoms with van der Waals surface area (Å²) in [6.45, 7) is 4.12. The highest BCUT2D eigenvalue weighted by Crippen LogP contribution is 2.48. The van der Waals surface area contributed by atoms with E-state index >= 15 is 4.39 Å². The van der Waals surface area contributed by atoms with Gasteiger partial charge in [-0.3, -0.25) is 15.0 Å². The van der Waals surface area contributed by atoms with Crippen molar-refractivity contribution in [3.8, 4) is 23.2 Å². The van der Waals surface area contributed by atoms with Crippen LogP contribution >= 0.6 is 22.9 Å². The van der Waals surface area contributed by atoms with E-state index in [1.807, 2.05) is 11.0 Å². The Hall–Kier alpha value is -3.83. The molecule has 0 unspecified atom stereocenters. The Balaban J connectivity index is 1.04. The quantitative estimate of drug-likeness (QED) is 0.209. The maximum absolute atomic E-state index is 17.3. The van der Waals surface area contributed by atoms with E-state index in [-0.39, 0.29) is 51.6 Å². The lowest BCUT2D eigenvalue weighted by molar-refractivity contribution is -0.142. The van der Waals surface area contributed by atoms with Crippen LogP contribution in [-0.4, -0.2) is 95.3 Å². The molecule has 1 aliphatic carbocycles. The van der Waals surface area contributed by atoms with Gasteiger partial charge >= 0.3 is 6.01 Å². The van der Waals surface area contributed by atoms with Crippen LogP contribution in [0.1, 0.15) is 56.9 Å². The molecule has 6 aliphatic rings. The lowest BCUT2D eigenvalue weighted by Crippen LogP contribution is -2.63. The molecule has 53 heavy (non-hydrogen) atoms. The van der Waals surface area contributed by atoms with Crippen molar-refractivity contribution in [1.29, 1.82) is 5.26 Å². The van der Waals surface area contributed by atoms with E-state index in [9.17, 15) is 14.4 Å². The van der Waals surface area contributed by atoms with E-state index in [0.29, 0.717) is 78.3 Å². The van der Waals surface area contributed by atoms with Crippen molar-refractivity contribution in [2.45, 2.75) is 75.2 Å². The van der Waals surface area contributed by atoms with Gasteiger partial charge in [0.25, 0.3) is 0 Å². The fourth-order valence-electron chi connectivity index (χ4n) is 10.0. The van der Waals surface area contributed by atoms with Crippen molar-refractivity contribution >= 4 is 60.7 Å². The van der Waals surface area contributed by atoms with Crippen molar-refractivity contribution in [3.63, 3.8) is 0 Å². The van der Waals surface area contributed by atoms with E-state index in [2.05, 4.69) is 21.2 Å². The second-order valence-corrected chi connectivity index (χ2v) is 17.8. The second kappa shape index (κ2) is 12.3. The molecule has 0 radical (unpaired) electrons. The molecule has 3 N–H and O–H groups in total. The molecule has 5 aliphatic heterocycles. The highest BCUT2D eigenvalue weighted by atomic mass is 35.5. The number of alkyl halides is 1. The van der Waals surface area contributed by atoms with Gasteiger partial charge in [-0.1, -0.05) is 30.2 Å². The van der Waals surface area contributed by atoms with Crippen molar-refractivity contribution in [2.75, 3.05) is 56.5 Å². The molecule has 4 atom stereocenters. The molecule has 4 aromatic rings. The van der Waals surface area contributed by atoms with Crippen LogP contribution in [-0.2, 0) is 4.79 Å². The van der Waals surface area contributed by atoms with E-state index < -0.39 is 17.5 Å². The predicted octanol–water partition coefficient (Wildman–Crippen LogP) is 6.28. The first-order valence-corrected chi connectivity index (χ1v) is 20.1. The third-order valence-corrected chi connectivity index (χ3v) is 14.1. The first-order valence-electron chi connectivity index (χ1n) is 18.9. The number of halogens is 3. The van der Waals surface area contributed by atoms with Crippen LogP contribution in [0.25, 0.3) is 32.1 Å². The minimum Gasteiger partial charge on any atom is -0.461 e. The van der Waals surface area contributed by atoms with Crippen LogP contribution in [0.4, 0.5) is 19.6 Å². The molecule has 0 bridgehead atoms. The van der Waals surface area contributed by atoms with E-state index in [1.165, 1.54) is 24.2 Å². The number of nitrogens with zero attached hydrogens (tertiary/aromatic N) is 6. The van der Waals surface area contributed by atoms with Gasteiger partial charge in [0.2, 0.25) is 5.91 Å². The highest BCUT2D eigenvalue weighted by molar-refractivity contribution is 7.23. The number of thiophene rings is 1. The lowest BCUT2D eigenvalue weighted by atomic mass is 9.75. The fraction of sp³-hybridized carbons (Fsp3) is 0.538. The van der Waals surface area contributed by atoms with Crippen LogP contribution in [0.2, 0.25) is 5.02 Å². The van der Waals surface area contributed by atoms with Crippen LogP contribution < -0.4 is 20.7 Å². The number of nitriles is 1. The minimum absolute atomic E-state index is 0.0357. The summed E-state index contributed by atoms with van der Waals surface area (Å²) in [5.41, 5.74) is 6.61. The van der Waals surface area contributed by atoms with Crippen molar-refractivity contribution in [1.82, 2.24) is 25.1 Å². The molecule has 14 heteroatoms. The summed E-state index contributed by atoms with van der Waals surface area (Å²) in [6, 6.07) is 9.65. The first kappa shape index (κ1) is 33.7. The molecular formula is C39H41ClF2N8O2S. The van der Waals surface area contributed by atoms with Gasteiger partial charge in [0, 0.05) is 71.6 Å². The number of hydrogen-bond donors (Lipinski definition) is 2. The number of likely N-dealkylation sites (tertiary alicyclic amines) is 1. The smallest absolute Gasteiger partial charge is 0.319 e. The number of amides is 1. The average Bonchev–Trinajstić information content (AvgIpc) is 4.03. The normalized spacial score (nSPS) is 27.9. The van der Waals surface area contributed by atoms with E-state index in [1.54, 1.807) is 18.2 Å². The number of nitrogens with two attached hydrogens (primary N) is 1. The summed E-state index contributed by atoms with van der Waals surface area (Å²) >= 11 is 8.30. The summed E-state index contributed by atoms with van der Waals surface area (Å²) < 4.78 is 39.1. The van der Waals surface area contributed by atoms with Gasteiger partial charge in [-0.15, -0.1) is 11.3 Å². The van der Waals surface area contributed by atoms with Gasteiger partial charge in [-0.25, -0.2) is 8.78 Å². The zero-order chi connectivity index (χ0) is 36.2. The average molecular weight is 759 g/mol. The minimum atomic E-state index is -0.918. The number of benzene rings is 2. The summed E-state index contributed by atoms with van der Waals surface area (Å²) in [6.07, 6.45) is 6.58. The Bertz CT molecular complexity index is 2220. The number of aromatic nitrogens is 2. The van der Waals surface area contributed by atoms with Crippen LogP contribution in [0.15, 0.2) is 24.3 Å². The largest absolute Gasteiger partial charge is 0.461 e. The summed E-state index contributed by atoms with van der Waals surface area (Å²) in [5, 5.41) is 14.9. The Morgan fingerprint density at radius 3 is 2.83 bits per heavy atom. The molecule has 1 amide bonds. The van der Waals surface area contributed by atoms with Crippen molar-refractivity contribution in [2.24, 2.45) is 11.3 Å². The Morgan fingerprint density at radius 2 is 2.02 bits per heavy atom. The molecular weight excluding hydrogens is 718 g/mol. The number of hydrogen-bond acceptors (Lipinski definition) is 10. The van der Waals surface area contributed by atoms with Gasteiger partial charge in [-0.05, 0) is 68.7 Å². The lowest BCUT2D eigenvalue weighted by Gasteiger charge is -2.51. The van der Waals surface area contributed by atoms with Gasteiger partial charge in [-0.2, -0.15) is 15.2 Å². The van der Waals surface area contributed by atoms with Gasteiger partial charge in [0.15, 0.2) is 5.82 Å². The van der Waals surface area contributed by atoms with Crippen LogP contribution in [0.5, 0.6) is 6.01 Å². The van der Waals surface area contributed by atoms with E-state index in [4.69, 9.17) is 32.0 Å². The number of nitrogen functional groups attached to an aromatic ring is 1. The Labute approximate surface area is 315 Å².